The monoisotopic (exact) mass is 345 g/mol. The smallest absolute Gasteiger partial charge is 0.257 e. The van der Waals surface area contributed by atoms with Crippen LogP contribution in [0.3, 0.4) is 0 Å². The van der Waals surface area contributed by atoms with Gasteiger partial charge in [-0.2, -0.15) is 0 Å². The predicted octanol–water partition coefficient (Wildman–Crippen LogP) is 3.41. The van der Waals surface area contributed by atoms with Crippen molar-refractivity contribution in [3.63, 3.8) is 0 Å². The lowest BCUT2D eigenvalue weighted by atomic mass is 10.0. The normalized spacial score (nSPS) is 24.8. The lowest BCUT2D eigenvalue weighted by Gasteiger charge is -2.33. The number of nitrogens with zero attached hydrogens (tertiary/aromatic N) is 3. The Balaban J connectivity index is 1.54. The Morgan fingerprint density at radius 1 is 1.29 bits per heavy atom. The summed E-state index contributed by atoms with van der Waals surface area (Å²) in [5.74, 6) is 0.774. The fourth-order valence-corrected chi connectivity index (χ4v) is 4.69. The van der Waals surface area contributed by atoms with Crippen molar-refractivity contribution >= 4 is 17.2 Å². The van der Waals surface area contributed by atoms with Gasteiger partial charge in [0.05, 0.1) is 10.6 Å². The van der Waals surface area contributed by atoms with Crippen molar-refractivity contribution < 1.29 is 9.21 Å². The Morgan fingerprint density at radius 3 is 2.79 bits per heavy atom. The minimum atomic E-state index is 0.0970. The van der Waals surface area contributed by atoms with E-state index in [1.54, 1.807) is 17.6 Å². The van der Waals surface area contributed by atoms with Gasteiger partial charge in [0.1, 0.15) is 12.0 Å². The maximum atomic E-state index is 13.0. The average molecular weight is 345 g/mol. The molecule has 4 heterocycles. The van der Waals surface area contributed by atoms with Gasteiger partial charge >= 0.3 is 0 Å². The summed E-state index contributed by atoms with van der Waals surface area (Å²) in [5, 5.41) is 2.97. The molecule has 2 atom stereocenters. The first kappa shape index (κ1) is 15.8. The molecule has 128 valence electrons. The maximum absolute atomic E-state index is 13.0. The molecule has 0 bridgehead atoms. The van der Waals surface area contributed by atoms with Crippen LogP contribution in [0.4, 0.5) is 0 Å². The number of likely N-dealkylation sites (tertiary alicyclic amines) is 2. The summed E-state index contributed by atoms with van der Waals surface area (Å²) in [7, 11) is 2.18. The SMILES string of the molecule is Cc1nc(-c2cc(C(=O)N3CCCC3C3CCCN3C)co2)cs1. The van der Waals surface area contributed by atoms with Crippen LogP contribution in [0, 0.1) is 6.92 Å². The number of carbonyl (C=O) groups excluding carboxylic acids is 1. The zero-order valence-corrected chi connectivity index (χ0v) is 15.0. The number of aryl methyl sites for hydroxylation is 1. The van der Waals surface area contributed by atoms with Gasteiger partial charge in [0.2, 0.25) is 0 Å². The number of rotatable bonds is 3. The van der Waals surface area contributed by atoms with Crippen molar-refractivity contribution in [3.8, 4) is 11.5 Å². The fourth-order valence-electron chi connectivity index (χ4n) is 4.09. The first-order valence-corrected chi connectivity index (χ1v) is 9.53. The summed E-state index contributed by atoms with van der Waals surface area (Å²) in [6.07, 6.45) is 6.21. The summed E-state index contributed by atoms with van der Waals surface area (Å²) >= 11 is 1.59. The van der Waals surface area contributed by atoms with Gasteiger partial charge in [-0.3, -0.25) is 4.79 Å². The molecule has 2 aromatic heterocycles. The molecule has 24 heavy (non-hydrogen) atoms. The molecule has 2 aliphatic heterocycles. The molecular formula is C18H23N3O2S. The Kier molecular flexibility index (Phi) is 4.18. The highest BCUT2D eigenvalue weighted by Gasteiger charge is 2.38. The third-order valence-corrected chi connectivity index (χ3v) is 6.07. The predicted molar refractivity (Wildman–Crippen MR) is 94.3 cm³/mol. The summed E-state index contributed by atoms with van der Waals surface area (Å²) < 4.78 is 5.61. The Bertz CT molecular complexity index is 738. The molecule has 2 aliphatic rings. The summed E-state index contributed by atoms with van der Waals surface area (Å²) in [5.41, 5.74) is 1.45. The molecular weight excluding hydrogens is 322 g/mol. The van der Waals surface area contributed by atoms with E-state index in [0.29, 0.717) is 23.4 Å². The van der Waals surface area contributed by atoms with Crippen LogP contribution in [0.1, 0.15) is 41.0 Å². The van der Waals surface area contributed by atoms with Crippen LogP contribution in [-0.4, -0.2) is 52.9 Å². The zero-order chi connectivity index (χ0) is 16.7. The largest absolute Gasteiger partial charge is 0.462 e. The van der Waals surface area contributed by atoms with Gasteiger partial charge in [-0.1, -0.05) is 0 Å². The van der Waals surface area contributed by atoms with Gasteiger partial charge in [0.25, 0.3) is 5.91 Å². The van der Waals surface area contributed by atoms with E-state index in [9.17, 15) is 4.79 Å². The van der Waals surface area contributed by atoms with E-state index in [1.165, 1.54) is 12.8 Å². The van der Waals surface area contributed by atoms with E-state index in [0.717, 1.165) is 36.6 Å². The summed E-state index contributed by atoms with van der Waals surface area (Å²) in [4.78, 5) is 21.9. The van der Waals surface area contributed by atoms with Crippen LogP contribution >= 0.6 is 11.3 Å². The van der Waals surface area contributed by atoms with Crippen molar-refractivity contribution in [2.45, 2.75) is 44.7 Å². The van der Waals surface area contributed by atoms with Gasteiger partial charge in [0.15, 0.2) is 5.76 Å². The van der Waals surface area contributed by atoms with E-state index in [2.05, 4.69) is 21.8 Å². The lowest BCUT2D eigenvalue weighted by molar-refractivity contribution is 0.0663. The first-order valence-electron chi connectivity index (χ1n) is 8.66. The minimum absolute atomic E-state index is 0.0970. The number of thiazole rings is 1. The van der Waals surface area contributed by atoms with Crippen LogP contribution in [0.5, 0.6) is 0 Å². The third-order valence-electron chi connectivity index (χ3n) is 5.30. The zero-order valence-electron chi connectivity index (χ0n) is 14.2. The molecule has 0 aromatic carbocycles. The minimum Gasteiger partial charge on any atom is -0.462 e. The maximum Gasteiger partial charge on any atom is 0.257 e. The molecule has 0 radical (unpaired) electrons. The first-order chi connectivity index (χ1) is 11.6. The van der Waals surface area contributed by atoms with E-state index in [4.69, 9.17) is 4.42 Å². The quantitative estimate of drug-likeness (QED) is 0.855. The van der Waals surface area contributed by atoms with E-state index >= 15 is 0 Å². The van der Waals surface area contributed by atoms with E-state index in [1.807, 2.05) is 18.4 Å². The molecule has 2 aromatic rings. The number of hydrogen-bond donors (Lipinski definition) is 0. The number of furan rings is 1. The van der Waals surface area contributed by atoms with Gasteiger partial charge in [0, 0.05) is 24.0 Å². The fraction of sp³-hybridized carbons (Fsp3) is 0.556. The molecule has 2 saturated heterocycles. The molecule has 6 heteroatoms. The number of aromatic nitrogens is 1. The van der Waals surface area contributed by atoms with Crippen molar-refractivity contribution in [3.05, 3.63) is 28.3 Å². The van der Waals surface area contributed by atoms with Gasteiger partial charge in [-0.25, -0.2) is 4.98 Å². The van der Waals surface area contributed by atoms with Crippen LogP contribution in [0.25, 0.3) is 11.5 Å². The van der Waals surface area contributed by atoms with E-state index in [-0.39, 0.29) is 5.91 Å². The molecule has 2 fully saturated rings. The van der Waals surface area contributed by atoms with Crippen LogP contribution < -0.4 is 0 Å². The number of hydrogen-bond acceptors (Lipinski definition) is 5. The molecule has 0 spiro atoms. The Morgan fingerprint density at radius 2 is 2.08 bits per heavy atom. The molecule has 1 amide bonds. The van der Waals surface area contributed by atoms with Gasteiger partial charge in [-0.15, -0.1) is 11.3 Å². The second-order valence-electron chi connectivity index (χ2n) is 6.85. The third kappa shape index (κ3) is 2.78. The van der Waals surface area contributed by atoms with Crippen molar-refractivity contribution in [2.75, 3.05) is 20.1 Å². The molecule has 5 nitrogen and oxygen atoms in total. The molecule has 0 aliphatic carbocycles. The van der Waals surface area contributed by atoms with Crippen LogP contribution in [0.2, 0.25) is 0 Å². The highest BCUT2D eigenvalue weighted by molar-refractivity contribution is 7.09. The van der Waals surface area contributed by atoms with Crippen LogP contribution in [-0.2, 0) is 0 Å². The molecule has 0 N–H and O–H groups in total. The van der Waals surface area contributed by atoms with Crippen LogP contribution in [0.15, 0.2) is 22.1 Å². The Labute approximate surface area is 146 Å². The summed E-state index contributed by atoms with van der Waals surface area (Å²) in [6, 6.07) is 2.68. The van der Waals surface area contributed by atoms with Gasteiger partial charge in [-0.05, 0) is 52.3 Å². The second-order valence-corrected chi connectivity index (χ2v) is 7.91. The van der Waals surface area contributed by atoms with Crippen molar-refractivity contribution in [1.29, 1.82) is 0 Å². The second kappa shape index (κ2) is 6.33. The average Bonchev–Trinajstić information content (AvgIpc) is 3.33. The highest BCUT2D eigenvalue weighted by atomic mass is 32.1. The topological polar surface area (TPSA) is 49.6 Å². The number of carbonyl (C=O) groups is 1. The van der Waals surface area contributed by atoms with E-state index < -0.39 is 0 Å². The van der Waals surface area contributed by atoms with Crippen molar-refractivity contribution in [2.24, 2.45) is 0 Å². The molecule has 2 unspecified atom stereocenters. The molecule has 4 rings (SSSR count). The Hall–Kier alpha value is -1.66. The summed E-state index contributed by atoms with van der Waals surface area (Å²) in [6.45, 7) is 3.96. The molecule has 0 saturated carbocycles. The lowest BCUT2D eigenvalue weighted by Crippen LogP contribution is -2.47. The standard InChI is InChI=1S/C18H23N3O2S/c1-12-19-14(11-24-12)17-9-13(10-23-17)18(22)21-8-4-6-16(21)15-5-3-7-20(15)2/h9-11,15-16H,3-8H2,1-2H3. The van der Waals surface area contributed by atoms with Gasteiger partial charge < -0.3 is 14.2 Å². The number of likely N-dealkylation sites (N-methyl/N-ethyl adjacent to an activating group) is 1. The van der Waals surface area contributed by atoms with Crippen molar-refractivity contribution in [1.82, 2.24) is 14.8 Å². The highest BCUT2D eigenvalue weighted by Crippen LogP contribution is 2.31. The number of amides is 1.